The van der Waals surface area contributed by atoms with Crippen molar-refractivity contribution in [2.24, 2.45) is 5.73 Å². The van der Waals surface area contributed by atoms with Gasteiger partial charge in [0.15, 0.2) is 0 Å². The summed E-state index contributed by atoms with van der Waals surface area (Å²) in [6.07, 6.45) is 4.47. The fourth-order valence-corrected chi connectivity index (χ4v) is 2.36. The van der Waals surface area contributed by atoms with E-state index in [2.05, 4.69) is 29.7 Å². The summed E-state index contributed by atoms with van der Waals surface area (Å²) in [7, 11) is 0. The molecule has 3 rings (SSSR count). The lowest BCUT2D eigenvalue weighted by Crippen LogP contribution is -1.99. The molecule has 3 aromatic rings. The molecule has 0 bridgehead atoms. The third kappa shape index (κ3) is 2.04. The lowest BCUT2D eigenvalue weighted by Gasteiger charge is -2.06. The Morgan fingerprint density at radius 2 is 2.21 bits per heavy atom. The van der Waals surface area contributed by atoms with Crippen molar-refractivity contribution in [1.29, 1.82) is 0 Å². The summed E-state index contributed by atoms with van der Waals surface area (Å²) in [5, 5.41) is 0. The molecule has 0 fully saturated rings. The van der Waals surface area contributed by atoms with Gasteiger partial charge < -0.3 is 14.7 Å². The number of nitrogens with zero attached hydrogens (tertiary/aromatic N) is 2. The SMILES string of the molecule is CCCn1c(-c2ccoc2)nc2cc(CN)ccc21. The first-order chi connectivity index (χ1) is 9.33. The minimum atomic E-state index is 0.539. The second kappa shape index (κ2) is 4.90. The van der Waals surface area contributed by atoms with Crippen molar-refractivity contribution >= 4 is 11.0 Å². The molecule has 2 aromatic heterocycles. The second-order valence-corrected chi connectivity index (χ2v) is 4.63. The first-order valence-electron chi connectivity index (χ1n) is 6.55. The zero-order valence-electron chi connectivity index (χ0n) is 11.0. The van der Waals surface area contributed by atoms with Gasteiger partial charge in [0.25, 0.3) is 0 Å². The van der Waals surface area contributed by atoms with Gasteiger partial charge in [-0.25, -0.2) is 4.98 Å². The molecule has 0 radical (unpaired) electrons. The fourth-order valence-electron chi connectivity index (χ4n) is 2.36. The first kappa shape index (κ1) is 12.0. The van der Waals surface area contributed by atoms with Crippen LogP contribution < -0.4 is 5.73 Å². The average molecular weight is 255 g/mol. The molecule has 0 spiro atoms. The van der Waals surface area contributed by atoms with Crippen molar-refractivity contribution in [2.45, 2.75) is 26.4 Å². The van der Waals surface area contributed by atoms with Crippen LogP contribution in [0.2, 0.25) is 0 Å². The summed E-state index contributed by atoms with van der Waals surface area (Å²) < 4.78 is 7.41. The van der Waals surface area contributed by atoms with Crippen LogP contribution in [0.1, 0.15) is 18.9 Å². The molecular weight excluding hydrogens is 238 g/mol. The molecule has 0 aliphatic carbocycles. The number of hydrogen-bond acceptors (Lipinski definition) is 3. The minimum Gasteiger partial charge on any atom is -0.472 e. The van der Waals surface area contributed by atoms with E-state index in [0.29, 0.717) is 6.54 Å². The number of fused-ring (bicyclic) bond motifs is 1. The summed E-state index contributed by atoms with van der Waals surface area (Å²) in [6, 6.07) is 8.17. The predicted molar refractivity (Wildman–Crippen MR) is 75.6 cm³/mol. The maximum atomic E-state index is 5.69. The van der Waals surface area contributed by atoms with E-state index in [-0.39, 0.29) is 0 Å². The highest BCUT2D eigenvalue weighted by molar-refractivity contribution is 5.81. The van der Waals surface area contributed by atoms with Gasteiger partial charge in [-0.3, -0.25) is 0 Å². The van der Waals surface area contributed by atoms with Crippen LogP contribution in [-0.2, 0) is 13.1 Å². The number of nitrogens with two attached hydrogens (primary N) is 1. The summed E-state index contributed by atoms with van der Waals surface area (Å²) in [4.78, 5) is 4.73. The Morgan fingerprint density at radius 1 is 1.32 bits per heavy atom. The molecule has 0 aliphatic rings. The maximum absolute atomic E-state index is 5.69. The molecule has 4 nitrogen and oxygen atoms in total. The third-order valence-corrected chi connectivity index (χ3v) is 3.27. The zero-order valence-corrected chi connectivity index (χ0v) is 11.0. The number of hydrogen-bond donors (Lipinski definition) is 1. The number of benzene rings is 1. The topological polar surface area (TPSA) is 57.0 Å². The van der Waals surface area contributed by atoms with Crippen LogP contribution in [0.15, 0.2) is 41.2 Å². The molecule has 0 aliphatic heterocycles. The van der Waals surface area contributed by atoms with E-state index >= 15 is 0 Å². The number of furan rings is 1. The molecular formula is C15H17N3O. The molecule has 1 aromatic carbocycles. The van der Waals surface area contributed by atoms with Gasteiger partial charge in [0.05, 0.1) is 22.9 Å². The van der Waals surface area contributed by atoms with E-state index in [4.69, 9.17) is 15.1 Å². The van der Waals surface area contributed by atoms with E-state index < -0.39 is 0 Å². The first-order valence-corrected chi connectivity index (χ1v) is 6.55. The lowest BCUT2D eigenvalue weighted by molar-refractivity contribution is 0.567. The minimum absolute atomic E-state index is 0.539. The molecule has 0 atom stereocenters. The van der Waals surface area contributed by atoms with Crippen molar-refractivity contribution in [3.8, 4) is 11.4 Å². The zero-order chi connectivity index (χ0) is 13.2. The Balaban J connectivity index is 2.22. The average Bonchev–Trinajstić information content (AvgIpc) is 3.06. The number of aryl methyl sites for hydroxylation is 1. The Hall–Kier alpha value is -2.07. The van der Waals surface area contributed by atoms with Crippen molar-refractivity contribution < 1.29 is 4.42 Å². The molecule has 4 heteroatoms. The third-order valence-electron chi connectivity index (χ3n) is 3.27. The smallest absolute Gasteiger partial charge is 0.144 e. The summed E-state index contributed by atoms with van der Waals surface area (Å²) >= 11 is 0. The summed E-state index contributed by atoms with van der Waals surface area (Å²) in [6.45, 7) is 3.65. The Morgan fingerprint density at radius 3 is 2.89 bits per heavy atom. The highest BCUT2D eigenvalue weighted by atomic mass is 16.3. The van der Waals surface area contributed by atoms with Gasteiger partial charge in [0.2, 0.25) is 0 Å². The summed E-state index contributed by atoms with van der Waals surface area (Å²) in [5.74, 6) is 0.958. The molecule has 98 valence electrons. The number of aromatic nitrogens is 2. The molecule has 2 heterocycles. The van der Waals surface area contributed by atoms with Crippen LogP contribution in [0, 0.1) is 0 Å². The standard InChI is InChI=1S/C15H17N3O/c1-2-6-18-14-4-3-11(9-16)8-13(14)17-15(18)12-5-7-19-10-12/h3-5,7-8,10H,2,6,9,16H2,1H3. The van der Waals surface area contributed by atoms with E-state index in [1.165, 1.54) is 0 Å². The van der Waals surface area contributed by atoms with Crippen LogP contribution in [0.3, 0.4) is 0 Å². The van der Waals surface area contributed by atoms with Crippen molar-refractivity contribution in [3.05, 3.63) is 42.4 Å². The van der Waals surface area contributed by atoms with Gasteiger partial charge in [-0.1, -0.05) is 13.0 Å². The van der Waals surface area contributed by atoms with Crippen molar-refractivity contribution in [1.82, 2.24) is 9.55 Å². The van der Waals surface area contributed by atoms with Crippen LogP contribution >= 0.6 is 0 Å². The Labute approximate surface area is 111 Å². The largest absolute Gasteiger partial charge is 0.472 e. The van der Waals surface area contributed by atoms with E-state index in [1.54, 1.807) is 12.5 Å². The normalized spacial score (nSPS) is 11.3. The fraction of sp³-hybridized carbons (Fsp3) is 0.267. The molecule has 0 amide bonds. The monoisotopic (exact) mass is 255 g/mol. The van der Waals surface area contributed by atoms with E-state index in [9.17, 15) is 0 Å². The Kier molecular flexibility index (Phi) is 3.09. The van der Waals surface area contributed by atoms with Gasteiger partial charge in [-0.05, 0) is 30.2 Å². The van der Waals surface area contributed by atoms with Gasteiger partial charge in [-0.2, -0.15) is 0 Å². The highest BCUT2D eigenvalue weighted by Gasteiger charge is 2.13. The summed E-state index contributed by atoms with van der Waals surface area (Å²) in [5.41, 5.74) is 9.95. The predicted octanol–water partition coefficient (Wildman–Crippen LogP) is 3.17. The highest BCUT2D eigenvalue weighted by Crippen LogP contribution is 2.26. The molecule has 0 unspecified atom stereocenters. The Bertz CT molecular complexity index is 683. The number of rotatable bonds is 4. The maximum Gasteiger partial charge on any atom is 0.144 e. The van der Waals surface area contributed by atoms with Gasteiger partial charge in [0.1, 0.15) is 12.1 Å². The quantitative estimate of drug-likeness (QED) is 0.779. The van der Waals surface area contributed by atoms with E-state index in [0.717, 1.165) is 41.0 Å². The number of imidazole rings is 1. The van der Waals surface area contributed by atoms with Gasteiger partial charge >= 0.3 is 0 Å². The van der Waals surface area contributed by atoms with Crippen LogP contribution in [0.4, 0.5) is 0 Å². The van der Waals surface area contributed by atoms with Crippen LogP contribution in [-0.4, -0.2) is 9.55 Å². The van der Waals surface area contributed by atoms with Crippen molar-refractivity contribution in [3.63, 3.8) is 0 Å². The lowest BCUT2D eigenvalue weighted by atomic mass is 10.2. The molecule has 2 N–H and O–H groups in total. The van der Waals surface area contributed by atoms with Crippen LogP contribution in [0.25, 0.3) is 22.4 Å². The molecule has 19 heavy (non-hydrogen) atoms. The second-order valence-electron chi connectivity index (χ2n) is 4.63. The van der Waals surface area contributed by atoms with E-state index in [1.807, 2.05) is 6.07 Å². The molecule has 0 saturated heterocycles. The molecule has 0 saturated carbocycles. The van der Waals surface area contributed by atoms with Crippen LogP contribution in [0.5, 0.6) is 0 Å². The van der Waals surface area contributed by atoms with Gasteiger partial charge in [-0.15, -0.1) is 0 Å². The van der Waals surface area contributed by atoms with Gasteiger partial charge in [0, 0.05) is 13.1 Å². The van der Waals surface area contributed by atoms with Crippen molar-refractivity contribution in [2.75, 3.05) is 0 Å².